The summed E-state index contributed by atoms with van der Waals surface area (Å²) >= 11 is 0. The van der Waals surface area contributed by atoms with E-state index in [0.29, 0.717) is 52.1 Å². The molecule has 0 amide bonds. The van der Waals surface area contributed by atoms with E-state index in [-0.39, 0.29) is 31.8 Å². The van der Waals surface area contributed by atoms with Crippen LogP contribution in [0.1, 0.15) is 16.7 Å². The summed E-state index contributed by atoms with van der Waals surface area (Å²) in [5, 5.41) is 3.66. The van der Waals surface area contributed by atoms with Crippen molar-refractivity contribution in [3.8, 4) is 0 Å². The van der Waals surface area contributed by atoms with Crippen molar-refractivity contribution in [2.45, 2.75) is 33.9 Å². The monoisotopic (exact) mass is 797 g/mol. The van der Waals surface area contributed by atoms with E-state index in [9.17, 15) is 38.9 Å². The van der Waals surface area contributed by atoms with Gasteiger partial charge >= 0.3 is 17.1 Å². The molecule has 0 heterocycles. The van der Waals surface area contributed by atoms with Crippen molar-refractivity contribution in [2.24, 2.45) is 0 Å². The molecule has 0 aromatic heterocycles. The number of hydrogen-bond acceptors (Lipinski definition) is 9. The van der Waals surface area contributed by atoms with Gasteiger partial charge in [-0.25, -0.2) is 25.3 Å². The molecule has 13 heteroatoms. The Morgan fingerprint density at radius 2 is 0.635 bits per heavy atom. The predicted molar refractivity (Wildman–Crippen MR) is 197 cm³/mol. The average molecular weight is 798 g/mol. The Balaban J connectivity index is 0.000000208. The molecule has 0 spiro atoms. The number of rotatable bonds is 9. The molecule has 0 saturated heterocycles. The first kappa shape index (κ1) is 42.0. The van der Waals surface area contributed by atoms with E-state index in [1.165, 1.54) is 0 Å². The van der Waals surface area contributed by atoms with Crippen LogP contribution in [0.25, 0.3) is 32.3 Å². The van der Waals surface area contributed by atoms with Gasteiger partial charge < -0.3 is 13.7 Å². The largest absolute Gasteiger partial charge is 3.00 e. The van der Waals surface area contributed by atoms with Gasteiger partial charge in [-0.1, -0.05) is 127 Å². The van der Waals surface area contributed by atoms with Gasteiger partial charge in [0.2, 0.25) is 0 Å². The Hall–Kier alpha value is -4.43. The molecule has 0 bridgehead atoms. The molecule has 269 valence electrons. The van der Waals surface area contributed by atoms with Crippen molar-refractivity contribution in [1.82, 2.24) is 0 Å². The van der Waals surface area contributed by atoms with Crippen LogP contribution in [0.4, 0.5) is 0 Å². The van der Waals surface area contributed by atoms with Gasteiger partial charge in [0, 0.05) is 0 Å². The van der Waals surface area contributed by atoms with Crippen molar-refractivity contribution in [1.29, 1.82) is 0 Å². The molecule has 0 aliphatic rings. The molecule has 0 N–H and O–H groups in total. The molecule has 0 unspecified atom stereocenters. The van der Waals surface area contributed by atoms with Crippen molar-refractivity contribution in [3.63, 3.8) is 0 Å². The first-order chi connectivity index (χ1) is 24.1. The summed E-state index contributed by atoms with van der Waals surface area (Å²) < 4.78 is 102. The number of benzene rings is 6. The summed E-state index contributed by atoms with van der Waals surface area (Å²) in [5.74, 6) is 0. The average Bonchev–Trinajstić information content (AvgIpc) is 3.07. The Morgan fingerprint density at radius 3 is 0.846 bits per heavy atom. The van der Waals surface area contributed by atoms with Gasteiger partial charge in [-0.15, -0.1) is 19.7 Å². The molecular weight excluding hydrogens is 764 g/mol. The van der Waals surface area contributed by atoms with Crippen molar-refractivity contribution >= 4 is 62.7 Å². The molecule has 9 nitrogen and oxygen atoms in total. The Bertz CT molecular complexity index is 2310. The van der Waals surface area contributed by atoms with Crippen LogP contribution in [0.2, 0.25) is 0 Å². The molecule has 0 aliphatic carbocycles. The first-order valence-electron chi connectivity index (χ1n) is 15.3. The number of fused-ring (bicyclic) bond motifs is 3. The summed E-state index contributed by atoms with van der Waals surface area (Å²) in [6.45, 7) is 10.7. The zero-order valence-corrected chi connectivity index (χ0v) is 31.2. The maximum Gasteiger partial charge on any atom is 3.00 e. The molecule has 0 aliphatic heterocycles. The minimum atomic E-state index is -4.48. The molecule has 0 fully saturated rings. The quantitative estimate of drug-likeness (QED) is 0.0821. The van der Waals surface area contributed by atoms with Gasteiger partial charge in [-0.05, 0) is 68.3 Å². The molecule has 0 atom stereocenters. The van der Waals surface area contributed by atoms with Crippen LogP contribution in [-0.2, 0) is 66.7 Å². The molecule has 6 rings (SSSR count). The SMILES string of the molecule is C=CCc1ccc2ccccc2c1S(=O)(=O)[O-].C=CCc1ccc2ccccc2c1S(=O)(=O)[O-].C=CCc1ccc2ccccc2c1S(=O)(=O)[O-].[Fe+3]. The van der Waals surface area contributed by atoms with E-state index in [2.05, 4.69) is 19.7 Å². The Labute approximate surface area is 314 Å². The van der Waals surface area contributed by atoms with Gasteiger partial charge in [0.25, 0.3) is 0 Å². The van der Waals surface area contributed by atoms with Crippen molar-refractivity contribution < 1.29 is 56.0 Å². The van der Waals surface area contributed by atoms with Gasteiger partial charge in [0.15, 0.2) is 0 Å². The normalized spacial score (nSPS) is 11.4. The van der Waals surface area contributed by atoms with E-state index in [1.807, 2.05) is 18.2 Å². The third-order valence-corrected chi connectivity index (χ3v) is 10.7. The summed E-state index contributed by atoms with van der Waals surface area (Å²) in [5.41, 5.74) is 1.48. The molecule has 6 aromatic rings. The predicted octanol–water partition coefficient (Wildman–Crippen LogP) is 7.41. The maximum absolute atomic E-state index is 11.4. The van der Waals surface area contributed by atoms with Crippen LogP contribution in [0.15, 0.2) is 162 Å². The second kappa shape index (κ2) is 17.9. The number of hydrogen-bond donors (Lipinski definition) is 0. The van der Waals surface area contributed by atoms with E-state index in [0.717, 1.165) is 16.2 Å². The van der Waals surface area contributed by atoms with Crippen LogP contribution >= 0.6 is 0 Å². The molecule has 0 saturated carbocycles. The summed E-state index contributed by atoms with van der Waals surface area (Å²) in [6, 6.07) is 31.2. The van der Waals surface area contributed by atoms with E-state index >= 15 is 0 Å². The van der Waals surface area contributed by atoms with Crippen LogP contribution in [-0.4, -0.2) is 38.9 Å². The Kier molecular flexibility index (Phi) is 14.4. The standard InChI is InChI=1S/3C13H12O3S.Fe/c3*1-2-5-11-9-8-10-6-3-4-7-12(10)13(11)17(14,15)16;/h3*2-4,6-9H,1,5H2,(H,14,15,16);/q;;;+3/p-3. The van der Waals surface area contributed by atoms with E-state index in [1.54, 1.807) is 109 Å². The van der Waals surface area contributed by atoms with E-state index < -0.39 is 30.4 Å². The molecule has 1 radical (unpaired) electrons. The smallest absolute Gasteiger partial charge is 0.744 e. The molecule has 6 aromatic carbocycles. The third-order valence-electron chi connectivity index (χ3n) is 7.73. The molecular formula is C39H33FeO9S3. The second-order valence-corrected chi connectivity index (χ2v) is 15.1. The summed E-state index contributed by atoms with van der Waals surface area (Å²) in [7, 11) is -13.4. The van der Waals surface area contributed by atoms with Crippen molar-refractivity contribution in [3.05, 3.63) is 164 Å². The summed E-state index contributed by atoms with van der Waals surface area (Å²) in [4.78, 5) is -0.387. The fourth-order valence-electron chi connectivity index (χ4n) is 5.70. The Morgan fingerprint density at radius 1 is 0.404 bits per heavy atom. The second-order valence-electron chi connectivity index (χ2n) is 11.2. The zero-order valence-electron chi connectivity index (χ0n) is 27.6. The number of allylic oxidation sites excluding steroid dienone is 3. The molecule has 52 heavy (non-hydrogen) atoms. The van der Waals surface area contributed by atoms with Gasteiger partial charge in [0.1, 0.15) is 30.4 Å². The minimum Gasteiger partial charge on any atom is -0.744 e. The first-order valence-corrected chi connectivity index (χ1v) is 19.6. The van der Waals surface area contributed by atoms with Gasteiger partial charge in [-0.3, -0.25) is 0 Å². The fourth-order valence-corrected chi connectivity index (χ4v) is 8.48. The summed E-state index contributed by atoms with van der Waals surface area (Å²) in [6.07, 6.45) is 5.83. The van der Waals surface area contributed by atoms with Crippen LogP contribution in [0, 0.1) is 0 Å². The fraction of sp³-hybridized carbons (Fsp3) is 0.0769. The topological polar surface area (TPSA) is 172 Å². The van der Waals surface area contributed by atoms with Crippen LogP contribution in [0.3, 0.4) is 0 Å². The van der Waals surface area contributed by atoms with Crippen molar-refractivity contribution in [2.75, 3.05) is 0 Å². The van der Waals surface area contributed by atoms with Gasteiger partial charge in [0.05, 0.1) is 14.7 Å². The third kappa shape index (κ3) is 10.1. The zero-order chi connectivity index (χ0) is 37.4. The maximum atomic E-state index is 11.4. The van der Waals surface area contributed by atoms with Gasteiger partial charge in [-0.2, -0.15) is 0 Å². The van der Waals surface area contributed by atoms with Crippen LogP contribution < -0.4 is 0 Å². The van der Waals surface area contributed by atoms with Crippen LogP contribution in [0.5, 0.6) is 0 Å². The van der Waals surface area contributed by atoms with E-state index in [4.69, 9.17) is 0 Å². The minimum absolute atomic E-state index is 0.